The smallest absolute Gasteiger partial charge is 0.313 e. The Balaban J connectivity index is 3.13. The van der Waals surface area contributed by atoms with Crippen LogP contribution in [0.1, 0.15) is 24.5 Å². The summed E-state index contributed by atoms with van der Waals surface area (Å²) in [5.74, 6) is -1.26. The van der Waals surface area contributed by atoms with Crippen LogP contribution in [0.2, 0.25) is 0 Å². The van der Waals surface area contributed by atoms with E-state index in [0.717, 1.165) is 0 Å². The van der Waals surface area contributed by atoms with Gasteiger partial charge in [0.15, 0.2) is 0 Å². The third-order valence-corrected chi connectivity index (χ3v) is 3.07. The number of halogens is 1. The molecule has 0 saturated carbocycles. The third kappa shape index (κ3) is 2.82. The molecule has 1 N–H and O–H groups in total. The summed E-state index contributed by atoms with van der Waals surface area (Å²) < 4.78 is 18.1. The second-order valence-electron chi connectivity index (χ2n) is 4.34. The quantitative estimate of drug-likeness (QED) is 0.860. The second-order valence-corrected chi connectivity index (χ2v) is 4.34. The molecule has 0 aliphatic rings. The number of rotatable bonds is 5. The van der Waals surface area contributed by atoms with E-state index in [1.807, 2.05) is 0 Å². The molecule has 1 unspecified atom stereocenters. The molecule has 17 heavy (non-hydrogen) atoms. The minimum absolute atomic E-state index is 0.326. The maximum absolute atomic E-state index is 13.2. The maximum Gasteiger partial charge on any atom is 0.313 e. The minimum atomic E-state index is -1.05. The number of methoxy groups -OCH3 is 1. The monoisotopic (exact) mass is 240 g/mol. The van der Waals surface area contributed by atoms with Gasteiger partial charge in [-0.1, -0.05) is 12.1 Å². The van der Waals surface area contributed by atoms with Crippen LogP contribution in [0.3, 0.4) is 0 Å². The standard InChI is InChI=1S/C13H17FO3/c1-9-8-10(4-5-11(9)14)13(2,12(15)16)6-7-17-3/h4-5,8H,6-7H2,1-3H3,(H,15,16). The van der Waals surface area contributed by atoms with Gasteiger partial charge in [0.1, 0.15) is 5.82 Å². The third-order valence-electron chi connectivity index (χ3n) is 3.07. The highest BCUT2D eigenvalue weighted by molar-refractivity contribution is 5.80. The first kappa shape index (κ1) is 13.6. The van der Waals surface area contributed by atoms with Gasteiger partial charge in [0, 0.05) is 13.7 Å². The van der Waals surface area contributed by atoms with E-state index in [-0.39, 0.29) is 5.82 Å². The van der Waals surface area contributed by atoms with Crippen molar-refractivity contribution in [1.29, 1.82) is 0 Å². The molecule has 0 aliphatic heterocycles. The van der Waals surface area contributed by atoms with Crippen molar-refractivity contribution in [2.45, 2.75) is 25.7 Å². The molecule has 0 heterocycles. The van der Waals surface area contributed by atoms with Gasteiger partial charge in [-0.05, 0) is 37.5 Å². The van der Waals surface area contributed by atoms with E-state index < -0.39 is 11.4 Å². The average molecular weight is 240 g/mol. The number of benzene rings is 1. The summed E-state index contributed by atoms with van der Waals surface area (Å²) in [7, 11) is 1.53. The predicted molar refractivity (Wildman–Crippen MR) is 62.6 cm³/mol. The Morgan fingerprint density at radius 1 is 1.53 bits per heavy atom. The molecular weight excluding hydrogens is 223 g/mol. The molecule has 94 valence electrons. The van der Waals surface area contributed by atoms with Gasteiger partial charge < -0.3 is 9.84 Å². The first-order chi connectivity index (χ1) is 7.91. The molecule has 0 radical (unpaired) electrons. The molecular formula is C13H17FO3. The number of ether oxygens (including phenoxy) is 1. The zero-order valence-corrected chi connectivity index (χ0v) is 10.3. The molecule has 0 aromatic heterocycles. The van der Waals surface area contributed by atoms with Gasteiger partial charge in [0.05, 0.1) is 5.41 Å². The first-order valence-corrected chi connectivity index (χ1v) is 5.41. The summed E-state index contributed by atoms with van der Waals surface area (Å²) >= 11 is 0. The number of carboxylic acids is 1. The van der Waals surface area contributed by atoms with E-state index in [1.165, 1.54) is 19.2 Å². The van der Waals surface area contributed by atoms with Crippen molar-refractivity contribution in [3.63, 3.8) is 0 Å². The number of carbonyl (C=O) groups is 1. The highest BCUT2D eigenvalue weighted by Gasteiger charge is 2.35. The number of aryl methyl sites for hydroxylation is 1. The Morgan fingerprint density at radius 2 is 2.18 bits per heavy atom. The van der Waals surface area contributed by atoms with Gasteiger partial charge in [-0.2, -0.15) is 0 Å². The lowest BCUT2D eigenvalue weighted by atomic mass is 9.79. The molecule has 0 saturated heterocycles. The van der Waals surface area contributed by atoms with E-state index in [4.69, 9.17) is 4.74 Å². The van der Waals surface area contributed by atoms with Crippen molar-refractivity contribution >= 4 is 5.97 Å². The van der Waals surface area contributed by atoms with Gasteiger partial charge in [-0.25, -0.2) is 4.39 Å². The second kappa shape index (κ2) is 5.27. The fourth-order valence-corrected chi connectivity index (χ4v) is 1.67. The lowest BCUT2D eigenvalue weighted by molar-refractivity contribution is -0.143. The number of hydrogen-bond donors (Lipinski definition) is 1. The van der Waals surface area contributed by atoms with E-state index in [2.05, 4.69) is 0 Å². The zero-order valence-electron chi connectivity index (χ0n) is 10.3. The highest BCUT2D eigenvalue weighted by atomic mass is 19.1. The molecule has 4 heteroatoms. The van der Waals surface area contributed by atoms with Crippen LogP contribution in [0.4, 0.5) is 4.39 Å². The van der Waals surface area contributed by atoms with Gasteiger partial charge in [0.25, 0.3) is 0 Å². The molecule has 0 bridgehead atoms. The zero-order chi connectivity index (χ0) is 13.1. The normalized spacial score (nSPS) is 14.4. The van der Waals surface area contributed by atoms with Crippen molar-refractivity contribution in [3.8, 4) is 0 Å². The summed E-state index contributed by atoms with van der Waals surface area (Å²) in [4.78, 5) is 11.4. The lowest BCUT2D eigenvalue weighted by Gasteiger charge is -2.25. The Kier molecular flexibility index (Phi) is 4.23. The summed E-state index contributed by atoms with van der Waals surface area (Å²) in [6, 6.07) is 4.41. The maximum atomic E-state index is 13.2. The van der Waals surface area contributed by atoms with Gasteiger partial charge in [-0.3, -0.25) is 4.79 Å². The molecule has 0 spiro atoms. The Morgan fingerprint density at radius 3 is 2.65 bits per heavy atom. The summed E-state index contributed by atoms with van der Waals surface area (Å²) in [6.45, 7) is 3.59. The molecule has 1 aromatic carbocycles. The summed E-state index contributed by atoms with van der Waals surface area (Å²) in [5.41, 5.74) is 0.00224. The first-order valence-electron chi connectivity index (χ1n) is 5.41. The lowest BCUT2D eigenvalue weighted by Crippen LogP contribution is -2.33. The van der Waals surface area contributed by atoms with Crippen LogP contribution in [-0.2, 0) is 14.9 Å². The van der Waals surface area contributed by atoms with E-state index in [1.54, 1.807) is 19.9 Å². The SMILES string of the molecule is COCCC(C)(C(=O)O)c1ccc(F)c(C)c1. The van der Waals surface area contributed by atoms with Crippen molar-refractivity contribution in [3.05, 3.63) is 35.1 Å². The Labute approximate surface area is 100 Å². The summed E-state index contributed by atoms with van der Waals surface area (Å²) in [6.07, 6.45) is 0.351. The van der Waals surface area contributed by atoms with Crippen LogP contribution in [0, 0.1) is 12.7 Å². The number of hydrogen-bond acceptors (Lipinski definition) is 2. The Bertz CT molecular complexity index is 417. The van der Waals surface area contributed by atoms with Crippen molar-refractivity contribution in [2.24, 2.45) is 0 Å². The fourth-order valence-electron chi connectivity index (χ4n) is 1.67. The number of carboxylic acid groups (broad SMARTS) is 1. The van der Waals surface area contributed by atoms with Crippen LogP contribution >= 0.6 is 0 Å². The minimum Gasteiger partial charge on any atom is -0.481 e. The van der Waals surface area contributed by atoms with Crippen molar-refractivity contribution in [2.75, 3.05) is 13.7 Å². The Hall–Kier alpha value is -1.42. The van der Waals surface area contributed by atoms with Crippen LogP contribution in [0.15, 0.2) is 18.2 Å². The van der Waals surface area contributed by atoms with E-state index in [0.29, 0.717) is 24.2 Å². The molecule has 0 fully saturated rings. The van der Waals surface area contributed by atoms with E-state index >= 15 is 0 Å². The topological polar surface area (TPSA) is 46.5 Å². The molecule has 0 aliphatic carbocycles. The molecule has 1 atom stereocenters. The summed E-state index contributed by atoms with van der Waals surface area (Å²) in [5, 5.41) is 9.32. The number of aliphatic carboxylic acids is 1. The fraction of sp³-hybridized carbons (Fsp3) is 0.462. The molecule has 0 amide bonds. The predicted octanol–water partition coefficient (Wildman–Crippen LogP) is 2.51. The van der Waals surface area contributed by atoms with Crippen LogP contribution in [0.25, 0.3) is 0 Å². The van der Waals surface area contributed by atoms with E-state index in [9.17, 15) is 14.3 Å². The highest BCUT2D eigenvalue weighted by Crippen LogP contribution is 2.29. The average Bonchev–Trinajstić information content (AvgIpc) is 2.29. The van der Waals surface area contributed by atoms with Gasteiger partial charge in [0.2, 0.25) is 0 Å². The molecule has 1 aromatic rings. The van der Waals surface area contributed by atoms with Crippen LogP contribution in [-0.4, -0.2) is 24.8 Å². The molecule has 1 rings (SSSR count). The molecule has 3 nitrogen and oxygen atoms in total. The largest absolute Gasteiger partial charge is 0.481 e. The van der Waals surface area contributed by atoms with Crippen LogP contribution < -0.4 is 0 Å². The van der Waals surface area contributed by atoms with Crippen molar-refractivity contribution < 1.29 is 19.0 Å². The van der Waals surface area contributed by atoms with Crippen LogP contribution in [0.5, 0.6) is 0 Å². The van der Waals surface area contributed by atoms with Crippen molar-refractivity contribution in [1.82, 2.24) is 0 Å². The van der Waals surface area contributed by atoms with Gasteiger partial charge in [-0.15, -0.1) is 0 Å². The van der Waals surface area contributed by atoms with Gasteiger partial charge >= 0.3 is 5.97 Å².